The molecule has 0 aromatic heterocycles. The highest BCUT2D eigenvalue weighted by molar-refractivity contribution is 5.84. The van der Waals surface area contributed by atoms with Crippen molar-refractivity contribution in [3.8, 4) is 17.2 Å². The van der Waals surface area contributed by atoms with Gasteiger partial charge in [0.25, 0.3) is 0 Å². The van der Waals surface area contributed by atoms with E-state index in [-0.39, 0.29) is 5.75 Å². The summed E-state index contributed by atoms with van der Waals surface area (Å²) in [6.45, 7) is 9.09. The predicted molar refractivity (Wildman–Crippen MR) is 69.2 cm³/mol. The maximum Gasteiger partial charge on any atom is 0.335 e. The monoisotopic (exact) mass is 250 g/mol. The second kappa shape index (κ2) is 5.58. The van der Waals surface area contributed by atoms with E-state index in [0.717, 1.165) is 6.08 Å². The topological polar surface area (TPSA) is 44.8 Å². The van der Waals surface area contributed by atoms with E-state index < -0.39 is 11.6 Å². The number of ether oxygens (including phenoxy) is 3. The lowest BCUT2D eigenvalue weighted by Crippen LogP contribution is -2.23. The summed E-state index contributed by atoms with van der Waals surface area (Å²) in [5.41, 5.74) is -0.401. The van der Waals surface area contributed by atoms with Crippen molar-refractivity contribution in [1.29, 1.82) is 0 Å². The van der Waals surface area contributed by atoms with Crippen LogP contribution in [0.2, 0.25) is 0 Å². The third-order valence-electron chi connectivity index (χ3n) is 1.95. The minimum absolute atomic E-state index is 0.264. The van der Waals surface area contributed by atoms with Crippen molar-refractivity contribution in [2.75, 3.05) is 7.11 Å². The fourth-order valence-corrected chi connectivity index (χ4v) is 1.31. The Balaban J connectivity index is 3.15. The zero-order chi connectivity index (χ0) is 13.8. The van der Waals surface area contributed by atoms with Crippen LogP contribution in [-0.4, -0.2) is 18.7 Å². The molecule has 98 valence electrons. The highest BCUT2D eigenvalue weighted by atomic mass is 16.6. The summed E-state index contributed by atoms with van der Waals surface area (Å²) in [6.07, 6.45) is 1.09. The molecule has 0 unspecified atom stereocenters. The zero-order valence-electron chi connectivity index (χ0n) is 11.1. The first-order chi connectivity index (χ1) is 8.37. The Labute approximate surface area is 107 Å². The molecule has 0 aliphatic rings. The van der Waals surface area contributed by atoms with Crippen LogP contribution in [0, 0.1) is 0 Å². The maximum atomic E-state index is 11.3. The van der Waals surface area contributed by atoms with Crippen LogP contribution >= 0.6 is 0 Å². The van der Waals surface area contributed by atoms with Crippen LogP contribution in [0.25, 0.3) is 0 Å². The molecule has 0 fully saturated rings. The van der Waals surface area contributed by atoms with Gasteiger partial charge in [-0.3, -0.25) is 0 Å². The van der Waals surface area contributed by atoms with Crippen LogP contribution in [0.4, 0.5) is 0 Å². The van der Waals surface area contributed by atoms with E-state index in [1.54, 1.807) is 18.2 Å². The Bertz CT molecular complexity index is 444. The molecule has 0 amide bonds. The van der Waals surface area contributed by atoms with E-state index in [1.165, 1.54) is 7.11 Å². The number of hydrogen-bond acceptors (Lipinski definition) is 4. The SMILES string of the molecule is C=CC(=O)Oc1c(OC)cccc1OC(C)(C)C. The van der Waals surface area contributed by atoms with Crippen LogP contribution in [0.3, 0.4) is 0 Å². The highest BCUT2D eigenvalue weighted by Gasteiger charge is 2.19. The van der Waals surface area contributed by atoms with Crippen molar-refractivity contribution in [2.24, 2.45) is 0 Å². The molecule has 0 bridgehead atoms. The summed E-state index contributed by atoms with van der Waals surface area (Å²) in [5, 5.41) is 0. The molecule has 1 aromatic carbocycles. The molecule has 0 radical (unpaired) electrons. The number of benzene rings is 1. The Morgan fingerprint density at radius 1 is 1.28 bits per heavy atom. The molecule has 18 heavy (non-hydrogen) atoms. The van der Waals surface area contributed by atoms with Gasteiger partial charge in [-0.15, -0.1) is 0 Å². The zero-order valence-corrected chi connectivity index (χ0v) is 11.1. The molecule has 0 heterocycles. The minimum atomic E-state index is -0.557. The Morgan fingerprint density at radius 3 is 2.39 bits per heavy atom. The summed E-state index contributed by atoms with van der Waals surface area (Å²) in [4.78, 5) is 11.3. The van der Waals surface area contributed by atoms with Crippen molar-refractivity contribution >= 4 is 5.97 Å². The summed E-state index contributed by atoms with van der Waals surface area (Å²) in [6, 6.07) is 5.19. The molecule has 0 spiro atoms. The molecular weight excluding hydrogens is 232 g/mol. The van der Waals surface area contributed by atoms with Gasteiger partial charge in [-0.25, -0.2) is 4.79 Å². The molecule has 1 rings (SSSR count). The van der Waals surface area contributed by atoms with Gasteiger partial charge in [0, 0.05) is 6.08 Å². The number of carbonyl (C=O) groups is 1. The van der Waals surface area contributed by atoms with Gasteiger partial charge in [-0.1, -0.05) is 12.6 Å². The van der Waals surface area contributed by atoms with Crippen LogP contribution in [0.15, 0.2) is 30.9 Å². The average molecular weight is 250 g/mol. The number of carbonyl (C=O) groups excluding carboxylic acids is 1. The van der Waals surface area contributed by atoms with Crippen molar-refractivity contribution < 1.29 is 19.0 Å². The van der Waals surface area contributed by atoms with Gasteiger partial charge in [0.05, 0.1) is 7.11 Å². The van der Waals surface area contributed by atoms with Crippen LogP contribution in [0.1, 0.15) is 20.8 Å². The predicted octanol–water partition coefficient (Wildman–Crippen LogP) is 2.96. The maximum absolute atomic E-state index is 11.3. The Morgan fingerprint density at radius 2 is 1.89 bits per heavy atom. The van der Waals surface area contributed by atoms with E-state index in [0.29, 0.717) is 11.5 Å². The molecule has 4 nitrogen and oxygen atoms in total. The molecular formula is C14H18O4. The molecule has 0 atom stereocenters. The first-order valence-corrected chi connectivity index (χ1v) is 5.57. The summed E-state index contributed by atoms with van der Waals surface area (Å²) in [5.74, 6) is 0.599. The molecule has 0 saturated carbocycles. The van der Waals surface area contributed by atoms with Crippen molar-refractivity contribution in [3.63, 3.8) is 0 Å². The lowest BCUT2D eigenvalue weighted by molar-refractivity contribution is -0.129. The molecule has 0 aliphatic carbocycles. The van der Waals surface area contributed by atoms with Crippen LogP contribution in [-0.2, 0) is 4.79 Å². The van der Waals surface area contributed by atoms with Gasteiger partial charge >= 0.3 is 5.97 Å². The Hall–Kier alpha value is -1.97. The van der Waals surface area contributed by atoms with Crippen molar-refractivity contribution in [2.45, 2.75) is 26.4 Å². The normalized spacial score (nSPS) is 10.7. The van der Waals surface area contributed by atoms with Gasteiger partial charge in [-0.2, -0.15) is 0 Å². The second-order valence-corrected chi connectivity index (χ2v) is 4.63. The number of para-hydroxylation sites is 1. The number of hydrogen-bond donors (Lipinski definition) is 0. The fraction of sp³-hybridized carbons (Fsp3) is 0.357. The van der Waals surface area contributed by atoms with E-state index in [2.05, 4.69) is 6.58 Å². The van der Waals surface area contributed by atoms with Crippen molar-refractivity contribution in [1.82, 2.24) is 0 Å². The largest absolute Gasteiger partial charge is 0.493 e. The van der Waals surface area contributed by atoms with Crippen molar-refractivity contribution in [3.05, 3.63) is 30.9 Å². The van der Waals surface area contributed by atoms with E-state index in [4.69, 9.17) is 14.2 Å². The first-order valence-electron chi connectivity index (χ1n) is 5.57. The summed E-state index contributed by atoms with van der Waals surface area (Å²) < 4.78 is 16.0. The third kappa shape index (κ3) is 3.80. The average Bonchev–Trinajstić information content (AvgIpc) is 2.29. The van der Waals surface area contributed by atoms with Crippen LogP contribution < -0.4 is 14.2 Å². The number of methoxy groups -OCH3 is 1. The lowest BCUT2D eigenvalue weighted by atomic mass is 10.2. The standard InChI is InChI=1S/C14H18O4/c1-6-12(15)17-13-10(16-5)8-7-9-11(13)18-14(2,3)4/h6-9H,1H2,2-5H3. The molecule has 1 aromatic rings. The first kappa shape index (κ1) is 14.1. The van der Waals surface area contributed by atoms with E-state index in [9.17, 15) is 4.79 Å². The smallest absolute Gasteiger partial charge is 0.335 e. The molecule has 0 saturated heterocycles. The number of esters is 1. The molecule has 4 heteroatoms. The van der Waals surface area contributed by atoms with Gasteiger partial charge in [0.1, 0.15) is 5.60 Å². The van der Waals surface area contributed by atoms with Gasteiger partial charge < -0.3 is 14.2 Å². The quantitative estimate of drug-likeness (QED) is 0.468. The highest BCUT2D eigenvalue weighted by Crippen LogP contribution is 2.38. The van der Waals surface area contributed by atoms with Gasteiger partial charge in [0.15, 0.2) is 11.5 Å². The summed E-state index contributed by atoms with van der Waals surface area (Å²) >= 11 is 0. The van der Waals surface area contributed by atoms with E-state index in [1.807, 2.05) is 20.8 Å². The van der Waals surface area contributed by atoms with Gasteiger partial charge in [0.2, 0.25) is 5.75 Å². The summed E-state index contributed by atoms with van der Waals surface area (Å²) in [7, 11) is 1.50. The van der Waals surface area contributed by atoms with Crippen LogP contribution in [0.5, 0.6) is 17.2 Å². The second-order valence-electron chi connectivity index (χ2n) is 4.63. The molecule has 0 N–H and O–H groups in total. The number of rotatable bonds is 4. The van der Waals surface area contributed by atoms with Gasteiger partial charge in [-0.05, 0) is 32.9 Å². The minimum Gasteiger partial charge on any atom is -0.493 e. The fourth-order valence-electron chi connectivity index (χ4n) is 1.31. The lowest BCUT2D eigenvalue weighted by Gasteiger charge is -2.23. The third-order valence-corrected chi connectivity index (χ3v) is 1.95. The van der Waals surface area contributed by atoms with E-state index >= 15 is 0 Å². The molecule has 0 aliphatic heterocycles. The Kier molecular flexibility index (Phi) is 4.37.